The molecule has 0 bridgehead atoms. The minimum absolute atomic E-state index is 0. The Kier molecular flexibility index (Phi) is 6.94. The molecule has 2 aromatic rings. The molecule has 0 saturated carbocycles. The van der Waals surface area contributed by atoms with Crippen molar-refractivity contribution in [3.05, 3.63) is 54.0 Å². The lowest BCUT2D eigenvalue weighted by molar-refractivity contribution is -0.117. The van der Waals surface area contributed by atoms with Crippen LogP contribution in [0.2, 0.25) is 0 Å². The van der Waals surface area contributed by atoms with Crippen LogP contribution in [0.5, 0.6) is 0 Å². The van der Waals surface area contributed by atoms with Crippen LogP contribution in [0, 0.1) is 0 Å². The van der Waals surface area contributed by atoms with Crippen LogP contribution in [-0.2, 0) is 22.7 Å². The van der Waals surface area contributed by atoms with Crippen molar-refractivity contribution < 1.29 is 13.9 Å². The molecule has 21 heavy (non-hydrogen) atoms. The first-order valence-corrected chi connectivity index (χ1v) is 6.40. The third-order valence-corrected chi connectivity index (χ3v) is 2.70. The van der Waals surface area contributed by atoms with Gasteiger partial charge in [0.15, 0.2) is 0 Å². The van der Waals surface area contributed by atoms with Gasteiger partial charge in [0.2, 0.25) is 5.91 Å². The molecule has 6 heteroatoms. The number of anilines is 1. The van der Waals surface area contributed by atoms with Gasteiger partial charge in [-0.2, -0.15) is 0 Å². The fourth-order valence-electron chi connectivity index (χ4n) is 1.66. The fraction of sp³-hybridized carbons (Fsp3) is 0.267. The van der Waals surface area contributed by atoms with Crippen LogP contribution in [0.4, 0.5) is 5.69 Å². The number of halogens is 1. The predicted octanol–water partition coefficient (Wildman–Crippen LogP) is 2.70. The molecule has 1 amide bonds. The highest BCUT2D eigenvalue weighted by atomic mass is 35.5. The molecule has 0 spiro atoms. The summed E-state index contributed by atoms with van der Waals surface area (Å²) < 4.78 is 10.7. The normalized spacial score (nSPS) is 11.5. The Morgan fingerprint density at radius 1 is 1.33 bits per heavy atom. The number of carbonyl (C=O) groups is 1. The summed E-state index contributed by atoms with van der Waals surface area (Å²) >= 11 is 0. The van der Waals surface area contributed by atoms with Gasteiger partial charge in [0.05, 0.1) is 18.9 Å². The third kappa shape index (κ3) is 5.59. The van der Waals surface area contributed by atoms with Gasteiger partial charge in [0, 0.05) is 5.69 Å². The molecule has 114 valence electrons. The van der Waals surface area contributed by atoms with E-state index in [1.807, 2.05) is 36.4 Å². The maximum Gasteiger partial charge on any atom is 0.240 e. The van der Waals surface area contributed by atoms with Gasteiger partial charge >= 0.3 is 0 Å². The van der Waals surface area contributed by atoms with E-state index < -0.39 is 6.04 Å². The molecule has 2 rings (SSSR count). The van der Waals surface area contributed by atoms with Crippen LogP contribution < -0.4 is 11.1 Å². The second-order valence-corrected chi connectivity index (χ2v) is 4.55. The molecule has 0 aliphatic rings. The molecule has 1 heterocycles. The largest absolute Gasteiger partial charge is 0.467 e. The van der Waals surface area contributed by atoms with Gasteiger partial charge in [-0.3, -0.25) is 4.79 Å². The van der Waals surface area contributed by atoms with Gasteiger partial charge in [-0.25, -0.2) is 0 Å². The van der Waals surface area contributed by atoms with E-state index in [-0.39, 0.29) is 18.3 Å². The van der Waals surface area contributed by atoms with Crippen LogP contribution in [-0.4, -0.2) is 11.9 Å². The van der Waals surface area contributed by atoms with Crippen molar-refractivity contribution in [3.63, 3.8) is 0 Å². The maximum atomic E-state index is 11.5. The first-order valence-electron chi connectivity index (χ1n) is 6.40. The molecular formula is C15H19ClN2O3. The second kappa shape index (κ2) is 8.46. The number of benzene rings is 1. The number of ether oxygens (including phenoxy) is 1. The van der Waals surface area contributed by atoms with E-state index in [0.717, 1.165) is 11.3 Å². The standard InChI is InChI=1S/C15H18N2O3.ClH/c1-11(16)15(18)17-13-5-2-4-12(8-13)9-19-10-14-6-3-7-20-14;/h2-8,11H,9-10,16H2,1H3,(H,17,18);1H. The number of carbonyl (C=O) groups excluding carboxylic acids is 1. The number of hydrogen-bond acceptors (Lipinski definition) is 4. The minimum atomic E-state index is -0.533. The summed E-state index contributed by atoms with van der Waals surface area (Å²) in [5.74, 6) is 0.574. The van der Waals surface area contributed by atoms with Gasteiger partial charge in [0.1, 0.15) is 12.4 Å². The van der Waals surface area contributed by atoms with Crippen molar-refractivity contribution >= 4 is 24.0 Å². The molecule has 1 unspecified atom stereocenters. The number of nitrogens with one attached hydrogen (secondary N) is 1. The van der Waals surface area contributed by atoms with Gasteiger partial charge in [-0.15, -0.1) is 12.4 Å². The fourth-order valence-corrected chi connectivity index (χ4v) is 1.66. The lowest BCUT2D eigenvalue weighted by atomic mass is 10.2. The average molecular weight is 311 g/mol. The van der Waals surface area contributed by atoms with E-state index in [4.69, 9.17) is 14.9 Å². The third-order valence-electron chi connectivity index (χ3n) is 2.70. The summed E-state index contributed by atoms with van der Waals surface area (Å²) in [6, 6.07) is 10.6. The SMILES string of the molecule is CC(N)C(=O)Nc1cccc(COCc2ccco2)c1.Cl. The second-order valence-electron chi connectivity index (χ2n) is 4.55. The Morgan fingerprint density at radius 3 is 2.81 bits per heavy atom. The van der Waals surface area contributed by atoms with Gasteiger partial charge in [-0.1, -0.05) is 12.1 Å². The summed E-state index contributed by atoms with van der Waals surface area (Å²) in [5.41, 5.74) is 7.19. The van der Waals surface area contributed by atoms with E-state index in [2.05, 4.69) is 5.32 Å². The number of furan rings is 1. The van der Waals surface area contributed by atoms with Crippen molar-refractivity contribution in [2.45, 2.75) is 26.2 Å². The van der Waals surface area contributed by atoms with Crippen molar-refractivity contribution in [2.24, 2.45) is 5.73 Å². The van der Waals surface area contributed by atoms with Crippen molar-refractivity contribution in [3.8, 4) is 0 Å². The Balaban J connectivity index is 0.00000220. The van der Waals surface area contributed by atoms with Gasteiger partial charge < -0.3 is 20.2 Å². The minimum Gasteiger partial charge on any atom is -0.467 e. The quantitative estimate of drug-likeness (QED) is 0.860. The topological polar surface area (TPSA) is 77.5 Å². The molecule has 0 saturated heterocycles. The molecule has 1 atom stereocenters. The van der Waals surface area contributed by atoms with Gasteiger partial charge in [-0.05, 0) is 36.8 Å². The Labute approximate surface area is 129 Å². The molecule has 1 aromatic carbocycles. The lowest BCUT2D eigenvalue weighted by Crippen LogP contribution is -2.32. The molecule has 0 aliphatic heterocycles. The molecule has 3 N–H and O–H groups in total. The van der Waals surface area contributed by atoms with Crippen molar-refractivity contribution in [1.29, 1.82) is 0 Å². The summed E-state index contributed by atoms with van der Waals surface area (Å²) in [7, 11) is 0. The number of rotatable bonds is 6. The molecule has 0 radical (unpaired) electrons. The van der Waals surface area contributed by atoms with Crippen LogP contribution in [0.3, 0.4) is 0 Å². The van der Waals surface area contributed by atoms with E-state index >= 15 is 0 Å². The summed E-state index contributed by atoms with van der Waals surface area (Å²) in [6.45, 7) is 2.51. The predicted molar refractivity (Wildman–Crippen MR) is 83.2 cm³/mol. The van der Waals surface area contributed by atoms with E-state index in [1.165, 1.54) is 0 Å². The maximum absolute atomic E-state index is 11.5. The zero-order valence-electron chi connectivity index (χ0n) is 11.7. The Morgan fingerprint density at radius 2 is 2.14 bits per heavy atom. The highest BCUT2D eigenvalue weighted by Gasteiger charge is 2.07. The summed E-state index contributed by atoms with van der Waals surface area (Å²) in [5, 5.41) is 2.75. The van der Waals surface area contributed by atoms with Crippen molar-refractivity contribution in [2.75, 3.05) is 5.32 Å². The van der Waals surface area contributed by atoms with Crippen LogP contribution in [0.15, 0.2) is 47.1 Å². The first-order chi connectivity index (χ1) is 9.65. The molecular weight excluding hydrogens is 292 g/mol. The smallest absolute Gasteiger partial charge is 0.240 e. The van der Waals surface area contributed by atoms with E-state index in [9.17, 15) is 4.79 Å². The zero-order valence-corrected chi connectivity index (χ0v) is 12.6. The number of nitrogens with two attached hydrogens (primary N) is 1. The monoisotopic (exact) mass is 310 g/mol. The zero-order chi connectivity index (χ0) is 14.4. The summed E-state index contributed by atoms with van der Waals surface area (Å²) in [4.78, 5) is 11.5. The highest BCUT2D eigenvalue weighted by Crippen LogP contribution is 2.13. The lowest BCUT2D eigenvalue weighted by Gasteiger charge is -2.09. The average Bonchev–Trinajstić information content (AvgIpc) is 2.92. The molecule has 1 aromatic heterocycles. The van der Waals surface area contributed by atoms with Crippen molar-refractivity contribution in [1.82, 2.24) is 0 Å². The Hall–Kier alpha value is -1.82. The number of hydrogen-bond donors (Lipinski definition) is 2. The molecule has 0 fully saturated rings. The molecule has 5 nitrogen and oxygen atoms in total. The number of amides is 1. The summed E-state index contributed by atoms with van der Waals surface area (Å²) in [6.07, 6.45) is 1.61. The van der Waals surface area contributed by atoms with Crippen LogP contribution in [0.1, 0.15) is 18.2 Å². The molecule has 0 aliphatic carbocycles. The first kappa shape index (κ1) is 17.2. The Bertz CT molecular complexity index is 556. The van der Waals surface area contributed by atoms with E-state index in [1.54, 1.807) is 13.2 Å². The van der Waals surface area contributed by atoms with Crippen LogP contribution in [0.25, 0.3) is 0 Å². The highest BCUT2D eigenvalue weighted by molar-refractivity contribution is 5.94. The van der Waals surface area contributed by atoms with Crippen LogP contribution >= 0.6 is 12.4 Å². The van der Waals surface area contributed by atoms with E-state index in [0.29, 0.717) is 18.9 Å². The van der Waals surface area contributed by atoms with Gasteiger partial charge in [0.25, 0.3) is 0 Å².